The van der Waals surface area contributed by atoms with Gasteiger partial charge in [0.25, 0.3) is 5.91 Å². The molecule has 112 valence electrons. The van der Waals surface area contributed by atoms with Crippen molar-refractivity contribution >= 4 is 11.6 Å². The molecule has 5 nitrogen and oxygen atoms in total. The van der Waals surface area contributed by atoms with Crippen LogP contribution in [0.25, 0.3) is 0 Å². The second-order valence-corrected chi connectivity index (χ2v) is 4.73. The standard InChI is InChI=1S/C15H24N2O3/c1-4-11(5-2)17(8-9-20-3)15(19)13-10-12(18)6-7-14(13)16/h6-7,10-11,18H,4-5,8-9,16H2,1-3H3. The summed E-state index contributed by atoms with van der Waals surface area (Å²) >= 11 is 0. The molecule has 5 heteroatoms. The molecule has 0 aliphatic carbocycles. The van der Waals surface area contributed by atoms with Crippen molar-refractivity contribution in [3.63, 3.8) is 0 Å². The molecule has 1 amide bonds. The van der Waals surface area contributed by atoms with E-state index >= 15 is 0 Å². The third kappa shape index (κ3) is 3.87. The normalized spacial score (nSPS) is 10.8. The fraction of sp³-hybridized carbons (Fsp3) is 0.533. The Hall–Kier alpha value is -1.75. The Labute approximate surface area is 120 Å². The van der Waals surface area contributed by atoms with Gasteiger partial charge in [-0.2, -0.15) is 0 Å². The molecular weight excluding hydrogens is 256 g/mol. The van der Waals surface area contributed by atoms with Crippen molar-refractivity contribution < 1.29 is 14.6 Å². The van der Waals surface area contributed by atoms with Crippen molar-refractivity contribution in [3.05, 3.63) is 23.8 Å². The number of nitrogens with zero attached hydrogens (tertiary/aromatic N) is 1. The molecule has 0 unspecified atom stereocenters. The number of rotatable bonds is 7. The number of benzene rings is 1. The molecule has 0 aliphatic rings. The molecule has 0 aromatic heterocycles. The molecule has 0 fully saturated rings. The summed E-state index contributed by atoms with van der Waals surface area (Å²) in [5, 5.41) is 9.55. The molecule has 0 aliphatic heterocycles. The Morgan fingerprint density at radius 1 is 1.40 bits per heavy atom. The number of carbonyl (C=O) groups is 1. The van der Waals surface area contributed by atoms with Gasteiger partial charge in [0.15, 0.2) is 0 Å². The molecule has 20 heavy (non-hydrogen) atoms. The van der Waals surface area contributed by atoms with Crippen LogP contribution in [-0.2, 0) is 4.74 Å². The molecule has 0 atom stereocenters. The second-order valence-electron chi connectivity index (χ2n) is 4.73. The molecule has 0 radical (unpaired) electrons. The van der Waals surface area contributed by atoms with E-state index in [2.05, 4.69) is 0 Å². The van der Waals surface area contributed by atoms with Crippen LogP contribution < -0.4 is 5.73 Å². The van der Waals surface area contributed by atoms with Gasteiger partial charge >= 0.3 is 0 Å². The Morgan fingerprint density at radius 3 is 2.60 bits per heavy atom. The van der Waals surface area contributed by atoms with Gasteiger partial charge in [-0.25, -0.2) is 0 Å². The molecule has 1 rings (SSSR count). The van der Waals surface area contributed by atoms with Crippen molar-refractivity contribution in [2.45, 2.75) is 32.7 Å². The highest BCUT2D eigenvalue weighted by Crippen LogP contribution is 2.22. The molecule has 0 saturated heterocycles. The summed E-state index contributed by atoms with van der Waals surface area (Å²) in [7, 11) is 1.61. The molecule has 3 N–H and O–H groups in total. The highest BCUT2D eigenvalue weighted by Gasteiger charge is 2.23. The second kappa shape index (κ2) is 7.75. The fourth-order valence-corrected chi connectivity index (χ4v) is 2.25. The van der Waals surface area contributed by atoms with E-state index in [4.69, 9.17) is 10.5 Å². The summed E-state index contributed by atoms with van der Waals surface area (Å²) in [4.78, 5) is 14.4. The summed E-state index contributed by atoms with van der Waals surface area (Å²) in [5.41, 5.74) is 6.57. The number of ether oxygens (including phenoxy) is 1. The van der Waals surface area contributed by atoms with Crippen molar-refractivity contribution in [2.24, 2.45) is 0 Å². The zero-order valence-corrected chi connectivity index (χ0v) is 12.4. The van der Waals surface area contributed by atoms with Crippen LogP contribution in [0.4, 0.5) is 5.69 Å². The van der Waals surface area contributed by atoms with Gasteiger partial charge in [0.05, 0.1) is 12.2 Å². The van der Waals surface area contributed by atoms with E-state index < -0.39 is 0 Å². The number of methoxy groups -OCH3 is 1. The molecule has 0 heterocycles. The minimum Gasteiger partial charge on any atom is -0.508 e. The van der Waals surface area contributed by atoms with Crippen LogP contribution in [0, 0.1) is 0 Å². The first kappa shape index (κ1) is 16.3. The van der Waals surface area contributed by atoms with Gasteiger partial charge in [-0.05, 0) is 31.0 Å². The number of aromatic hydroxyl groups is 1. The van der Waals surface area contributed by atoms with Crippen LogP contribution >= 0.6 is 0 Å². The average molecular weight is 280 g/mol. The van der Waals surface area contributed by atoms with E-state index in [0.29, 0.717) is 24.4 Å². The molecular formula is C15H24N2O3. The first-order valence-electron chi connectivity index (χ1n) is 6.93. The first-order valence-corrected chi connectivity index (χ1v) is 6.93. The number of nitrogen functional groups attached to an aromatic ring is 1. The molecule has 0 spiro atoms. The minimum atomic E-state index is -0.163. The van der Waals surface area contributed by atoms with Crippen molar-refractivity contribution in [2.75, 3.05) is 26.0 Å². The van der Waals surface area contributed by atoms with Gasteiger partial charge < -0.3 is 20.5 Å². The number of phenols is 1. The van der Waals surface area contributed by atoms with Crippen molar-refractivity contribution in [1.82, 2.24) is 4.90 Å². The van der Waals surface area contributed by atoms with Crippen LogP contribution in [0.2, 0.25) is 0 Å². The lowest BCUT2D eigenvalue weighted by molar-refractivity contribution is 0.0590. The topological polar surface area (TPSA) is 75.8 Å². The van der Waals surface area contributed by atoms with Crippen LogP contribution in [-0.4, -0.2) is 42.2 Å². The number of anilines is 1. The monoisotopic (exact) mass is 280 g/mol. The lowest BCUT2D eigenvalue weighted by Crippen LogP contribution is -2.42. The number of phenolic OH excluding ortho intramolecular Hbond substituents is 1. The van der Waals surface area contributed by atoms with Gasteiger partial charge in [-0.1, -0.05) is 13.8 Å². The molecule has 1 aromatic rings. The summed E-state index contributed by atoms with van der Waals surface area (Å²) in [6.07, 6.45) is 1.73. The quantitative estimate of drug-likeness (QED) is 0.593. The van der Waals surface area contributed by atoms with Gasteiger partial charge in [-0.3, -0.25) is 4.79 Å². The van der Waals surface area contributed by atoms with Crippen molar-refractivity contribution in [1.29, 1.82) is 0 Å². The summed E-state index contributed by atoms with van der Waals surface area (Å²) in [5.74, 6) is -0.122. The zero-order valence-electron chi connectivity index (χ0n) is 12.4. The van der Waals surface area contributed by atoms with E-state index in [1.165, 1.54) is 12.1 Å². The number of hydrogen-bond donors (Lipinski definition) is 2. The maximum Gasteiger partial charge on any atom is 0.256 e. The van der Waals surface area contributed by atoms with Gasteiger partial charge in [0, 0.05) is 25.4 Å². The predicted molar refractivity (Wildman–Crippen MR) is 79.8 cm³/mol. The summed E-state index contributed by atoms with van der Waals surface area (Å²) in [6, 6.07) is 4.58. The zero-order chi connectivity index (χ0) is 15.1. The maximum atomic E-state index is 12.7. The highest BCUT2D eigenvalue weighted by atomic mass is 16.5. The van der Waals surface area contributed by atoms with Gasteiger partial charge in [-0.15, -0.1) is 0 Å². The largest absolute Gasteiger partial charge is 0.508 e. The third-order valence-corrected chi connectivity index (χ3v) is 3.45. The van der Waals surface area contributed by atoms with Gasteiger partial charge in [0.2, 0.25) is 0 Å². The Kier molecular flexibility index (Phi) is 6.31. The summed E-state index contributed by atoms with van der Waals surface area (Å²) < 4.78 is 5.08. The molecule has 0 bridgehead atoms. The molecule has 0 saturated carbocycles. The van der Waals surface area contributed by atoms with E-state index in [1.807, 2.05) is 13.8 Å². The lowest BCUT2D eigenvalue weighted by atomic mass is 10.1. The Balaban J connectivity index is 3.05. The lowest BCUT2D eigenvalue weighted by Gasteiger charge is -2.31. The average Bonchev–Trinajstić information content (AvgIpc) is 2.45. The van der Waals surface area contributed by atoms with E-state index in [0.717, 1.165) is 12.8 Å². The van der Waals surface area contributed by atoms with Crippen LogP contribution in [0.1, 0.15) is 37.0 Å². The number of nitrogens with two attached hydrogens (primary N) is 1. The van der Waals surface area contributed by atoms with E-state index in [-0.39, 0.29) is 17.7 Å². The molecule has 1 aromatic carbocycles. The minimum absolute atomic E-state index is 0.0405. The highest BCUT2D eigenvalue weighted by molar-refractivity contribution is 5.99. The van der Waals surface area contributed by atoms with E-state index in [9.17, 15) is 9.90 Å². The van der Waals surface area contributed by atoms with Gasteiger partial charge in [0.1, 0.15) is 5.75 Å². The number of amides is 1. The third-order valence-electron chi connectivity index (χ3n) is 3.45. The Morgan fingerprint density at radius 2 is 2.05 bits per heavy atom. The fourth-order valence-electron chi connectivity index (χ4n) is 2.25. The van der Waals surface area contributed by atoms with Crippen LogP contribution in [0.5, 0.6) is 5.75 Å². The smallest absolute Gasteiger partial charge is 0.256 e. The first-order chi connectivity index (χ1) is 9.54. The number of carbonyl (C=O) groups excluding carboxylic acids is 1. The maximum absolute atomic E-state index is 12.7. The Bertz CT molecular complexity index is 445. The SMILES string of the molecule is CCC(CC)N(CCOC)C(=O)c1cc(O)ccc1N. The van der Waals surface area contributed by atoms with Crippen molar-refractivity contribution in [3.8, 4) is 5.75 Å². The van der Waals surface area contributed by atoms with Crippen LogP contribution in [0.15, 0.2) is 18.2 Å². The summed E-state index contributed by atoms with van der Waals surface area (Å²) in [6.45, 7) is 5.08. The number of hydrogen-bond acceptors (Lipinski definition) is 4. The van der Waals surface area contributed by atoms with E-state index in [1.54, 1.807) is 18.1 Å². The predicted octanol–water partition coefficient (Wildman–Crippen LogP) is 2.25. The van der Waals surface area contributed by atoms with Crippen LogP contribution in [0.3, 0.4) is 0 Å².